The van der Waals surface area contributed by atoms with E-state index in [1.807, 2.05) is 91.0 Å². The third-order valence-electron chi connectivity index (χ3n) is 9.97. The summed E-state index contributed by atoms with van der Waals surface area (Å²) >= 11 is 1.02. The van der Waals surface area contributed by atoms with Crippen molar-refractivity contribution in [3.63, 3.8) is 0 Å². The van der Waals surface area contributed by atoms with Crippen molar-refractivity contribution in [1.82, 2.24) is 4.90 Å². The SMILES string of the molecule is C[C@@H](O[Si](C)(C)C(C)(C)C)[C@H]1C(=O)N(C(=O)C(=O)OCc2ccc([N+](=O)[O-])cc2)[C@@H]1SC(C(N)=O)=P(c1ccccc1)(c1ccccc1)c1ccccc1. The number of amides is 3. The summed E-state index contributed by atoms with van der Waals surface area (Å²) in [5.74, 6) is -4.78. The lowest BCUT2D eigenvalue weighted by atomic mass is 9.92. The van der Waals surface area contributed by atoms with Crippen LogP contribution in [0.25, 0.3) is 0 Å². The van der Waals surface area contributed by atoms with Crippen LogP contribution in [0.3, 0.4) is 0 Å². The van der Waals surface area contributed by atoms with E-state index < -0.39 is 61.2 Å². The second-order valence-corrected chi connectivity index (χ2v) is 24.0. The molecule has 3 atom stereocenters. The number of benzene rings is 4. The van der Waals surface area contributed by atoms with Crippen molar-refractivity contribution in [2.75, 3.05) is 0 Å². The third kappa shape index (κ3) is 8.00. The molecule has 1 aliphatic heterocycles. The average Bonchev–Trinajstić information content (AvgIpc) is 3.14. The number of carbonyl (C=O) groups is 4. The van der Waals surface area contributed by atoms with Crippen LogP contribution in [0, 0.1) is 16.0 Å². The van der Waals surface area contributed by atoms with E-state index in [1.54, 1.807) is 6.92 Å². The van der Waals surface area contributed by atoms with E-state index in [1.165, 1.54) is 24.3 Å². The van der Waals surface area contributed by atoms with Gasteiger partial charge in [0.25, 0.3) is 11.6 Å². The molecule has 5 rings (SSSR count). The van der Waals surface area contributed by atoms with Crippen LogP contribution in [0.4, 0.5) is 5.69 Å². The summed E-state index contributed by atoms with van der Waals surface area (Å²) in [6.07, 6.45) is -0.692. The van der Waals surface area contributed by atoms with Crippen LogP contribution in [0.1, 0.15) is 33.3 Å². The molecule has 1 aliphatic rings. The molecule has 4 aromatic carbocycles. The zero-order chi connectivity index (χ0) is 39.4. The zero-order valence-electron chi connectivity index (χ0n) is 31.0. The summed E-state index contributed by atoms with van der Waals surface area (Å²) in [7, 11) is -2.45. The first-order valence-electron chi connectivity index (χ1n) is 17.4. The number of likely N-dealkylation sites (tertiary alicyclic amines) is 1. The van der Waals surface area contributed by atoms with Crippen LogP contribution < -0.4 is 21.6 Å². The zero-order valence-corrected chi connectivity index (χ0v) is 33.7. The molecule has 0 bridgehead atoms. The Bertz CT molecular complexity index is 1990. The number of esters is 1. The lowest BCUT2D eigenvalue weighted by molar-refractivity contribution is -0.384. The Kier molecular flexibility index (Phi) is 12.2. The number of nitrogens with zero attached hydrogens (tertiary/aromatic N) is 2. The van der Waals surface area contributed by atoms with Gasteiger partial charge in [-0.1, -0.05) is 124 Å². The Labute approximate surface area is 320 Å². The Morgan fingerprint density at radius 1 is 0.870 bits per heavy atom. The van der Waals surface area contributed by atoms with Gasteiger partial charge in [0.2, 0.25) is 5.91 Å². The molecule has 1 saturated heterocycles. The summed E-state index contributed by atoms with van der Waals surface area (Å²) in [4.78, 5) is 66.8. The van der Waals surface area contributed by atoms with Crippen LogP contribution >= 0.6 is 18.6 Å². The predicted octanol–water partition coefficient (Wildman–Crippen LogP) is 5.70. The topological polar surface area (TPSA) is 159 Å². The van der Waals surface area contributed by atoms with Crippen molar-refractivity contribution in [3.05, 3.63) is 131 Å². The van der Waals surface area contributed by atoms with Crippen molar-refractivity contribution < 1.29 is 33.3 Å². The number of imide groups is 1. The standard InChI is InChI=1S/C40H44N3O8PSSi/c1-27(51-54(5,6)40(2,3)4)33-35(45)42(36(46)38(47)50-26-28-22-24-29(25-23-28)43(48)49)37(33)53-39(34(41)44)52(30-16-10-7-11-17-30,31-18-12-8-13-19-31)32-20-14-9-15-21-32/h7-25,27,33,37H,26H2,1-6H3,(H2,41,44)/t27-,33+,37-/m1/s1. The van der Waals surface area contributed by atoms with Gasteiger partial charge in [0.15, 0.2) is 8.32 Å². The van der Waals surface area contributed by atoms with E-state index in [-0.39, 0.29) is 22.0 Å². The number of nitro benzene ring substituents is 1. The van der Waals surface area contributed by atoms with Gasteiger partial charge in [0.1, 0.15) is 12.0 Å². The van der Waals surface area contributed by atoms with E-state index in [0.717, 1.165) is 32.6 Å². The van der Waals surface area contributed by atoms with Crippen LogP contribution in [-0.4, -0.2) is 57.9 Å². The highest BCUT2D eigenvalue weighted by molar-refractivity contribution is 8.27. The molecule has 1 fully saturated rings. The number of carbonyl (C=O) groups excluding carboxylic acids is 4. The molecule has 1 heterocycles. The molecular weight excluding hydrogens is 742 g/mol. The van der Waals surface area contributed by atoms with Crippen molar-refractivity contribution >= 4 is 76.9 Å². The first kappa shape index (κ1) is 40.4. The lowest BCUT2D eigenvalue weighted by Crippen LogP contribution is -2.67. The van der Waals surface area contributed by atoms with Gasteiger partial charge < -0.3 is 14.9 Å². The first-order valence-corrected chi connectivity index (χ1v) is 22.9. The number of non-ortho nitro benzene ring substituents is 1. The summed E-state index contributed by atoms with van der Waals surface area (Å²) in [6.45, 7) is 8.69. The van der Waals surface area contributed by atoms with E-state index in [2.05, 4.69) is 33.9 Å². The average molecular weight is 786 g/mol. The largest absolute Gasteiger partial charge is 0.454 e. The second kappa shape index (κ2) is 16.3. The molecule has 0 aromatic heterocycles. The highest BCUT2D eigenvalue weighted by Crippen LogP contribution is 2.52. The van der Waals surface area contributed by atoms with Gasteiger partial charge in [-0.2, -0.15) is 0 Å². The van der Waals surface area contributed by atoms with Gasteiger partial charge in [-0.3, -0.25) is 29.4 Å². The number of nitro groups is 1. The Balaban J connectivity index is 1.65. The number of hydrogen-bond acceptors (Lipinski definition) is 9. The monoisotopic (exact) mass is 785 g/mol. The first-order chi connectivity index (χ1) is 25.5. The van der Waals surface area contributed by atoms with Gasteiger partial charge in [0.05, 0.1) is 21.6 Å². The highest BCUT2D eigenvalue weighted by atomic mass is 32.2. The maximum atomic E-state index is 14.1. The van der Waals surface area contributed by atoms with Crippen molar-refractivity contribution in [3.8, 4) is 0 Å². The summed E-state index contributed by atoms with van der Waals surface area (Å²) < 4.78 is 12.3. The van der Waals surface area contributed by atoms with Crippen LogP contribution in [-0.2, 0) is 34.9 Å². The normalized spacial score (nSPS) is 16.6. The fraction of sp³-hybridized carbons (Fsp3) is 0.275. The van der Waals surface area contributed by atoms with Crippen molar-refractivity contribution in [2.24, 2.45) is 11.7 Å². The van der Waals surface area contributed by atoms with Crippen molar-refractivity contribution in [1.29, 1.82) is 0 Å². The molecule has 0 spiro atoms. The van der Waals surface area contributed by atoms with Gasteiger partial charge in [-0.25, -0.2) is 4.79 Å². The molecule has 2 N–H and O–H groups in total. The lowest BCUT2D eigenvalue weighted by Gasteiger charge is -2.49. The van der Waals surface area contributed by atoms with Crippen molar-refractivity contribution in [2.45, 2.75) is 63.9 Å². The van der Waals surface area contributed by atoms with Crippen LogP contribution in [0.15, 0.2) is 115 Å². The molecule has 0 radical (unpaired) electrons. The molecule has 0 unspecified atom stereocenters. The Hall–Kier alpha value is -4.81. The number of primary amides is 1. The Morgan fingerprint density at radius 3 is 1.74 bits per heavy atom. The van der Waals surface area contributed by atoms with E-state index in [9.17, 15) is 29.3 Å². The van der Waals surface area contributed by atoms with E-state index in [4.69, 9.17) is 14.9 Å². The minimum Gasteiger partial charge on any atom is -0.454 e. The minimum absolute atomic E-state index is 0.144. The molecule has 11 nitrogen and oxygen atoms in total. The molecule has 54 heavy (non-hydrogen) atoms. The fourth-order valence-corrected chi connectivity index (χ4v) is 14.4. The predicted molar refractivity (Wildman–Crippen MR) is 217 cm³/mol. The van der Waals surface area contributed by atoms with Crippen LogP contribution in [0.5, 0.6) is 0 Å². The number of ether oxygens (including phenoxy) is 1. The molecule has 3 amide bonds. The summed E-state index contributed by atoms with van der Waals surface area (Å²) in [5, 5.41) is 12.3. The molecule has 4 aromatic rings. The number of thioether (sulfide) groups is 1. The maximum absolute atomic E-state index is 14.1. The summed E-state index contributed by atoms with van der Waals surface area (Å²) in [5.41, 5.74) is 6.65. The van der Waals surface area contributed by atoms with Gasteiger partial charge in [-0.05, 0) is 65.6 Å². The molecular formula is C40H44N3O8PSSi. The van der Waals surface area contributed by atoms with Crippen LogP contribution in [0.2, 0.25) is 18.1 Å². The van der Waals surface area contributed by atoms with E-state index in [0.29, 0.717) is 5.56 Å². The molecule has 0 saturated carbocycles. The van der Waals surface area contributed by atoms with Gasteiger partial charge >= 0.3 is 11.9 Å². The quantitative estimate of drug-likeness (QED) is 0.0362. The minimum atomic E-state index is -3.08. The smallest absolute Gasteiger partial charge is 0.397 e. The van der Waals surface area contributed by atoms with E-state index >= 15 is 0 Å². The number of rotatable bonds is 12. The molecule has 282 valence electrons. The Morgan fingerprint density at radius 2 is 1.33 bits per heavy atom. The molecule has 0 aliphatic carbocycles. The number of nitrogens with two attached hydrogens (primary N) is 1. The second-order valence-electron chi connectivity index (χ2n) is 14.5. The molecule has 14 heteroatoms. The third-order valence-corrected chi connectivity index (χ3v) is 20.9. The fourth-order valence-electron chi connectivity index (χ4n) is 6.17. The van der Waals surface area contributed by atoms with Gasteiger partial charge in [0, 0.05) is 12.1 Å². The summed E-state index contributed by atoms with van der Waals surface area (Å²) in [6, 6.07) is 34.0. The maximum Gasteiger partial charge on any atom is 0.397 e. The number of hydrogen-bond donors (Lipinski definition) is 1. The highest BCUT2D eigenvalue weighted by Gasteiger charge is 2.58. The number of β-lactam (4-membered cyclic amide) rings is 1. The van der Waals surface area contributed by atoms with Gasteiger partial charge in [-0.15, -0.1) is 0 Å².